The lowest BCUT2D eigenvalue weighted by atomic mass is 9.91. The topological polar surface area (TPSA) is 54.6 Å². The van der Waals surface area contributed by atoms with Crippen LogP contribution in [0.3, 0.4) is 0 Å². The number of hydrogen-bond donors (Lipinski definition) is 1. The molecule has 0 saturated heterocycles. The molecule has 0 atom stereocenters. The van der Waals surface area contributed by atoms with Crippen LogP contribution in [0.4, 0.5) is 4.39 Å². The van der Waals surface area contributed by atoms with E-state index in [1.54, 1.807) is 25.4 Å². The summed E-state index contributed by atoms with van der Waals surface area (Å²) in [5, 5.41) is 9.84. The fourth-order valence-electron chi connectivity index (χ4n) is 3.32. The molecule has 0 saturated carbocycles. The van der Waals surface area contributed by atoms with Gasteiger partial charge in [-0.3, -0.25) is 9.79 Å². The van der Waals surface area contributed by atoms with Crippen molar-refractivity contribution in [3.63, 3.8) is 0 Å². The van der Waals surface area contributed by atoms with E-state index in [0.717, 1.165) is 27.8 Å². The van der Waals surface area contributed by atoms with Crippen molar-refractivity contribution < 1.29 is 9.50 Å². The van der Waals surface area contributed by atoms with Crippen LogP contribution in [0.2, 0.25) is 5.02 Å². The fraction of sp³-hybridized carbons (Fsp3) is 0.143. The highest BCUT2D eigenvalue weighted by Gasteiger charge is 2.22. The number of halogens is 2. The second kappa shape index (κ2) is 6.76. The largest absolute Gasteiger partial charge is 0.392 e. The Bertz CT molecular complexity index is 1150. The molecule has 6 heteroatoms. The minimum absolute atomic E-state index is 0.0990. The molecule has 1 aliphatic rings. The Balaban J connectivity index is 2.02. The van der Waals surface area contributed by atoms with Gasteiger partial charge in [-0.25, -0.2) is 4.39 Å². The molecular weight excluding hydrogens is 367 g/mol. The molecule has 2 heterocycles. The van der Waals surface area contributed by atoms with Crippen LogP contribution in [0, 0.1) is 5.82 Å². The van der Waals surface area contributed by atoms with Crippen molar-refractivity contribution in [3.8, 4) is 11.1 Å². The highest BCUT2D eigenvalue weighted by molar-refractivity contribution is 6.36. The summed E-state index contributed by atoms with van der Waals surface area (Å²) < 4.78 is 15.0. The van der Waals surface area contributed by atoms with E-state index >= 15 is 0 Å². The lowest BCUT2D eigenvalue weighted by Gasteiger charge is -2.14. The van der Waals surface area contributed by atoms with Crippen molar-refractivity contribution in [2.75, 3.05) is 0 Å². The number of hydrogen-bond acceptors (Lipinski definition) is 3. The molecule has 0 aliphatic carbocycles. The number of benzene rings is 2. The van der Waals surface area contributed by atoms with Gasteiger partial charge in [0.25, 0.3) is 5.56 Å². The van der Waals surface area contributed by atoms with Crippen LogP contribution in [0.25, 0.3) is 11.1 Å². The van der Waals surface area contributed by atoms with E-state index in [1.807, 2.05) is 18.2 Å². The van der Waals surface area contributed by atoms with Gasteiger partial charge in [0.15, 0.2) is 0 Å². The Kier molecular flexibility index (Phi) is 4.42. The van der Waals surface area contributed by atoms with Crippen molar-refractivity contribution in [2.24, 2.45) is 12.0 Å². The average molecular weight is 383 g/mol. The number of aryl methyl sites for hydroxylation is 1. The third-order valence-electron chi connectivity index (χ3n) is 4.72. The summed E-state index contributed by atoms with van der Waals surface area (Å²) >= 11 is 6.29. The number of aliphatic hydroxyl groups excluding tert-OH is 1. The third-order valence-corrected chi connectivity index (χ3v) is 5.03. The molecule has 4 nitrogen and oxygen atoms in total. The fourth-order valence-corrected chi connectivity index (χ4v) is 3.58. The van der Waals surface area contributed by atoms with Crippen LogP contribution in [-0.2, 0) is 20.2 Å². The summed E-state index contributed by atoms with van der Waals surface area (Å²) in [6, 6.07) is 11.4. The number of aliphatic hydroxyl groups is 1. The van der Waals surface area contributed by atoms with E-state index in [1.165, 1.54) is 16.7 Å². The molecule has 0 spiro atoms. The number of nitrogens with zero attached hydrogens (tertiary/aromatic N) is 2. The summed E-state index contributed by atoms with van der Waals surface area (Å²) in [6.45, 7) is 0.204. The quantitative estimate of drug-likeness (QED) is 0.735. The summed E-state index contributed by atoms with van der Waals surface area (Å²) in [7, 11) is 1.70. The number of fused-ring (bicyclic) bond motifs is 3. The third kappa shape index (κ3) is 3.09. The number of rotatable bonds is 2. The van der Waals surface area contributed by atoms with Crippen molar-refractivity contribution in [3.05, 3.63) is 92.1 Å². The normalized spacial score (nSPS) is 12.8. The van der Waals surface area contributed by atoms with Crippen molar-refractivity contribution in [1.29, 1.82) is 0 Å². The molecule has 1 N–H and O–H groups in total. The smallest absolute Gasteiger partial charge is 0.250 e. The number of aromatic nitrogens is 1. The van der Waals surface area contributed by atoms with Gasteiger partial charge in [-0.15, -0.1) is 0 Å². The monoisotopic (exact) mass is 382 g/mol. The van der Waals surface area contributed by atoms with Gasteiger partial charge in [0.05, 0.1) is 23.9 Å². The first-order valence-corrected chi connectivity index (χ1v) is 8.79. The van der Waals surface area contributed by atoms with Gasteiger partial charge in [0.1, 0.15) is 5.82 Å². The number of pyridine rings is 1. The average Bonchev–Trinajstić information content (AvgIpc) is 2.79. The van der Waals surface area contributed by atoms with Gasteiger partial charge in [-0.05, 0) is 41.0 Å². The van der Waals surface area contributed by atoms with E-state index in [-0.39, 0.29) is 17.2 Å². The molecule has 1 aliphatic heterocycles. The van der Waals surface area contributed by atoms with Crippen LogP contribution in [0.5, 0.6) is 0 Å². The molecule has 0 radical (unpaired) electrons. The first kappa shape index (κ1) is 17.6. The van der Waals surface area contributed by atoms with Crippen LogP contribution in [-0.4, -0.2) is 15.4 Å². The first-order valence-electron chi connectivity index (χ1n) is 8.42. The van der Waals surface area contributed by atoms with Gasteiger partial charge < -0.3 is 9.67 Å². The summed E-state index contributed by atoms with van der Waals surface area (Å²) in [6.07, 6.45) is 1.78. The van der Waals surface area contributed by atoms with Crippen LogP contribution in [0.15, 0.2) is 58.4 Å². The van der Waals surface area contributed by atoms with E-state index in [0.29, 0.717) is 17.8 Å². The van der Waals surface area contributed by atoms with Gasteiger partial charge in [0, 0.05) is 36.0 Å². The molecule has 27 heavy (non-hydrogen) atoms. The van der Waals surface area contributed by atoms with E-state index in [2.05, 4.69) is 0 Å². The van der Waals surface area contributed by atoms with E-state index < -0.39 is 5.82 Å². The minimum Gasteiger partial charge on any atom is -0.392 e. The predicted octanol–water partition coefficient (Wildman–Crippen LogP) is 3.69. The predicted molar refractivity (Wildman–Crippen MR) is 104 cm³/mol. The molecule has 4 rings (SSSR count). The zero-order chi connectivity index (χ0) is 19.1. The lowest BCUT2D eigenvalue weighted by Crippen LogP contribution is -2.16. The Morgan fingerprint density at radius 2 is 1.89 bits per heavy atom. The van der Waals surface area contributed by atoms with Crippen LogP contribution >= 0.6 is 11.6 Å². The molecule has 0 unspecified atom stereocenters. The maximum Gasteiger partial charge on any atom is 0.250 e. The highest BCUT2D eigenvalue weighted by atomic mass is 35.5. The molecule has 3 aromatic rings. The minimum atomic E-state index is -0.417. The second-order valence-electron chi connectivity index (χ2n) is 6.49. The van der Waals surface area contributed by atoms with Crippen LogP contribution < -0.4 is 5.56 Å². The Hall–Kier alpha value is -2.76. The molecule has 1 aromatic heterocycles. The SMILES string of the molecule is Cn1cc2c(cc1=O)CN=C(c1ccc(F)cc1Cl)c1ccc(CO)cc1-2. The Labute approximate surface area is 160 Å². The van der Waals surface area contributed by atoms with Crippen molar-refractivity contribution in [2.45, 2.75) is 13.2 Å². The number of aliphatic imine (C=N–C) groups is 1. The maximum atomic E-state index is 13.5. The van der Waals surface area contributed by atoms with E-state index in [4.69, 9.17) is 16.6 Å². The first-order chi connectivity index (χ1) is 13.0. The van der Waals surface area contributed by atoms with Crippen molar-refractivity contribution >= 4 is 17.3 Å². The molecule has 0 amide bonds. The maximum absolute atomic E-state index is 13.5. The highest BCUT2D eigenvalue weighted by Crippen LogP contribution is 2.34. The van der Waals surface area contributed by atoms with Gasteiger partial charge in [0.2, 0.25) is 0 Å². The van der Waals surface area contributed by atoms with Gasteiger partial charge >= 0.3 is 0 Å². The van der Waals surface area contributed by atoms with Gasteiger partial charge in [-0.2, -0.15) is 0 Å². The summed E-state index contributed by atoms with van der Waals surface area (Å²) in [5.74, 6) is -0.417. The zero-order valence-electron chi connectivity index (χ0n) is 14.5. The zero-order valence-corrected chi connectivity index (χ0v) is 15.3. The van der Waals surface area contributed by atoms with Crippen molar-refractivity contribution in [1.82, 2.24) is 4.57 Å². The Morgan fingerprint density at radius 3 is 2.63 bits per heavy atom. The summed E-state index contributed by atoms with van der Waals surface area (Å²) in [4.78, 5) is 16.8. The molecule has 0 fully saturated rings. The van der Waals surface area contributed by atoms with Gasteiger partial charge in [-0.1, -0.05) is 23.7 Å². The van der Waals surface area contributed by atoms with Crippen LogP contribution in [0.1, 0.15) is 22.3 Å². The van der Waals surface area contributed by atoms with E-state index in [9.17, 15) is 14.3 Å². The molecule has 136 valence electrons. The Morgan fingerprint density at radius 1 is 1.11 bits per heavy atom. The second-order valence-corrected chi connectivity index (χ2v) is 6.90. The molecular formula is C21H16ClFN2O2. The summed E-state index contributed by atoms with van der Waals surface area (Å²) in [5.41, 5.74) is 5.22. The standard InChI is InChI=1S/C21H16ClFN2O2/c1-25-10-18-13(7-20(25)27)9-24-21(16-5-3-14(23)8-19(16)22)15-4-2-12(11-26)6-17(15)18/h2-8,10,26H,9,11H2,1H3. The molecule has 2 aromatic carbocycles. The molecule has 0 bridgehead atoms. The lowest BCUT2D eigenvalue weighted by molar-refractivity contribution is 0.282.